The number of carbonyl (C=O) groups is 1. The molecule has 25 heavy (non-hydrogen) atoms. The first kappa shape index (κ1) is 18.4. The van der Waals surface area contributed by atoms with Crippen LogP contribution in [0.3, 0.4) is 0 Å². The number of esters is 1. The third-order valence-corrected chi connectivity index (χ3v) is 4.05. The highest BCUT2D eigenvalue weighted by Gasteiger charge is 2.27. The summed E-state index contributed by atoms with van der Waals surface area (Å²) in [5, 5.41) is 5.32. The maximum absolute atomic E-state index is 12.2. The smallest absolute Gasteiger partial charge is 0.306 e. The summed E-state index contributed by atoms with van der Waals surface area (Å²) in [5.74, 6) is 0.354. The van der Waals surface area contributed by atoms with Crippen LogP contribution < -0.4 is 19.8 Å². The average molecular weight is 350 g/mol. The van der Waals surface area contributed by atoms with Gasteiger partial charge in [0.1, 0.15) is 0 Å². The fourth-order valence-corrected chi connectivity index (χ4v) is 2.81. The number of H-pyrrole nitrogens is 2. The Morgan fingerprint density at radius 2 is 1.64 bits per heavy atom. The zero-order chi connectivity index (χ0) is 18.6. The van der Waals surface area contributed by atoms with Crippen molar-refractivity contribution in [2.45, 2.75) is 19.3 Å². The van der Waals surface area contributed by atoms with Gasteiger partial charge in [0.2, 0.25) is 5.75 Å². The molecule has 0 saturated carbocycles. The summed E-state index contributed by atoms with van der Waals surface area (Å²) in [6.45, 7) is 1.76. The number of ether oxygens (including phenoxy) is 4. The summed E-state index contributed by atoms with van der Waals surface area (Å²) < 4.78 is 20.8. The van der Waals surface area contributed by atoms with E-state index in [9.17, 15) is 9.59 Å². The van der Waals surface area contributed by atoms with E-state index in [-0.39, 0.29) is 12.0 Å². The van der Waals surface area contributed by atoms with Crippen LogP contribution in [0.1, 0.15) is 29.2 Å². The van der Waals surface area contributed by atoms with E-state index < -0.39 is 11.9 Å². The molecule has 0 fully saturated rings. The van der Waals surface area contributed by atoms with Crippen LogP contribution in [0.15, 0.2) is 16.9 Å². The monoisotopic (exact) mass is 350 g/mol. The van der Waals surface area contributed by atoms with Gasteiger partial charge >= 0.3 is 5.97 Å². The van der Waals surface area contributed by atoms with Crippen LogP contribution in [0.2, 0.25) is 0 Å². The Bertz CT molecular complexity index is 783. The van der Waals surface area contributed by atoms with Crippen LogP contribution in [-0.4, -0.2) is 44.6 Å². The van der Waals surface area contributed by atoms with Gasteiger partial charge < -0.3 is 24.0 Å². The van der Waals surface area contributed by atoms with E-state index in [1.54, 1.807) is 19.1 Å². The molecule has 136 valence electrons. The normalized spacial score (nSPS) is 11.7. The number of benzene rings is 1. The molecule has 1 unspecified atom stereocenters. The van der Waals surface area contributed by atoms with Gasteiger partial charge in [-0.3, -0.25) is 14.7 Å². The second-order valence-corrected chi connectivity index (χ2v) is 5.41. The lowest BCUT2D eigenvalue weighted by molar-refractivity contribution is -0.140. The van der Waals surface area contributed by atoms with E-state index in [1.165, 1.54) is 28.4 Å². The van der Waals surface area contributed by atoms with Gasteiger partial charge in [0, 0.05) is 17.2 Å². The first-order valence-corrected chi connectivity index (χ1v) is 7.60. The second-order valence-electron chi connectivity index (χ2n) is 5.41. The molecule has 0 spiro atoms. The summed E-state index contributed by atoms with van der Waals surface area (Å²) in [6, 6.07) is 3.45. The highest BCUT2D eigenvalue weighted by molar-refractivity contribution is 5.71. The van der Waals surface area contributed by atoms with Crippen molar-refractivity contribution in [2.75, 3.05) is 28.4 Å². The van der Waals surface area contributed by atoms with E-state index in [1.807, 2.05) is 0 Å². The number of methoxy groups -OCH3 is 4. The van der Waals surface area contributed by atoms with E-state index >= 15 is 0 Å². The molecule has 0 amide bonds. The quantitative estimate of drug-likeness (QED) is 0.737. The Hall–Kier alpha value is -2.90. The molecule has 0 radical (unpaired) electrons. The Labute approximate surface area is 145 Å². The number of aromatic amines is 2. The molecule has 1 heterocycles. The molecule has 0 aliphatic heterocycles. The van der Waals surface area contributed by atoms with Crippen molar-refractivity contribution in [2.24, 2.45) is 0 Å². The zero-order valence-corrected chi connectivity index (χ0v) is 14.9. The molecule has 0 bridgehead atoms. The van der Waals surface area contributed by atoms with Crippen LogP contribution in [0.4, 0.5) is 0 Å². The van der Waals surface area contributed by atoms with Gasteiger partial charge in [-0.15, -0.1) is 0 Å². The van der Waals surface area contributed by atoms with Crippen molar-refractivity contribution in [3.05, 3.63) is 39.3 Å². The van der Waals surface area contributed by atoms with E-state index in [2.05, 4.69) is 10.2 Å². The third kappa shape index (κ3) is 3.62. The van der Waals surface area contributed by atoms with Gasteiger partial charge in [-0.05, 0) is 24.6 Å². The number of aryl methyl sites for hydroxylation is 1. The van der Waals surface area contributed by atoms with Gasteiger partial charge in [-0.1, -0.05) is 0 Å². The van der Waals surface area contributed by atoms with Crippen LogP contribution in [0.25, 0.3) is 0 Å². The minimum absolute atomic E-state index is 0.00306. The lowest BCUT2D eigenvalue weighted by Crippen LogP contribution is -2.17. The number of carbonyl (C=O) groups excluding carboxylic acids is 1. The molecular weight excluding hydrogens is 328 g/mol. The molecule has 2 aromatic rings. The van der Waals surface area contributed by atoms with Crippen LogP contribution in [0, 0.1) is 6.92 Å². The molecule has 1 aromatic carbocycles. The van der Waals surface area contributed by atoms with E-state index in [0.29, 0.717) is 34.1 Å². The number of hydrogen-bond donors (Lipinski definition) is 2. The minimum Gasteiger partial charge on any atom is -0.493 e. The average Bonchev–Trinajstić information content (AvgIpc) is 2.96. The van der Waals surface area contributed by atoms with Crippen molar-refractivity contribution >= 4 is 5.97 Å². The molecule has 1 atom stereocenters. The lowest BCUT2D eigenvalue weighted by Gasteiger charge is -2.19. The van der Waals surface area contributed by atoms with Gasteiger partial charge in [0.15, 0.2) is 11.5 Å². The first-order chi connectivity index (χ1) is 12.0. The van der Waals surface area contributed by atoms with Crippen molar-refractivity contribution in [1.29, 1.82) is 0 Å². The van der Waals surface area contributed by atoms with Crippen molar-refractivity contribution < 1.29 is 23.7 Å². The maximum Gasteiger partial charge on any atom is 0.306 e. The topological polar surface area (TPSA) is 103 Å². The minimum atomic E-state index is -0.531. The molecule has 0 aliphatic carbocycles. The van der Waals surface area contributed by atoms with Gasteiger partial charge in [0.05, 0.1) is 34.9 Å². The standard InChI is InChI=1S/C17H22N2O6/c1-9-15(17(21)19-18-9)11(8-14(20)24-4)10-6-12(22-2)16(25-5)13(7-10)23-3/h6-7,11H,8H2,1-5H3,(H2,18,19,21). The van der Waals surface area contributed by atoms with E-state index in [0.717, 1.165) is 0 Å². The molecule has 0 aliphatic rings. The summed E-state index contributed by atoms with van der Waals surface area (Å²) in [4.78, 5) is 24.1. The molecule has 2 rings (SSSR count). The number of rotatable bonds is 7. The van der Waals surface area contributed by atoms with Gasteiger partial charge in [-0.25, -0.2) is 0 Å². The zero-order valence-electron chi connectivity index (χ0n) is 14.9. The second kappa shape index (κ2) is 7.78. The summed E-state index contributed by atoms with van der Waals surface area (Å²) in [5.41, 5.74) is 1.49. The lowest BCUT2D eigenvalue weighted by atomic mass is 9.88. The van der Waals surface area contributed by atoms with Crippen LogP contribution in [-0.2, 0) is 9.53 Å². The number of aromatic nitrogens is 2. The maximum atomic E-state index is 12.2. The van der Waals surface area contributed by atoms with Crippen molar-refractivity contribution in [1.82, 2.24) is 10.2 Å². The Balaban J connectivity index is 2.65. The largest absolute Gasteiger partial charge is 0.493 e. The molecule has 2 N–H and O–H groups in total. The number of nitrogens with one attached hydrogen (secondary N) is 2. The Kier molecular flexibility index (Phi) is 5.74. The predicted octanol–water partition coefficient (Wildman–Crippen LogP) is 1.73. The van der Waals surface area contributed by atoms with E-state index in [4.69, 9.17) is 18.9 Å². The fraction of sp³-hybridized carbons (Fsp3) is 0.412. The van der Waals surface area contributed by atoms with Crippen LogP contribution >= 0.6 is 0 Å². The molecule has 0 saturated heterocycles. The highest BCUT2D eigenvalue weighted by atomic mass is 16.5. The van der Waals surface area contributed by atoms with Gasteiger partial charge in [0.25, 0.3) is 5.56 Å². The predicted molar refractivity (Wildman–Crippen MR) is 90.7 cm³/mol. The highest BCUT2D eigenvalue weighted by Crippen LogP contribution is 2.42. The molecule has 1 aromatic heterocycles. The Morgan fingerprint density at radius 3 is 2.04 bits per heavy atom. The molecule has 8 nitrogen and oxygen atoms in total. The number of hydrogen-bond acceptors (Lipinski definition) is 6. The van der Waals surface area contributed by atoms with Gasteiger partial charge in [-0.2, -0.15) is 0 Å². The summed E-state index contributed by atoms with van der Waals surface area (Å²) >= 11 is 0. The summed E-state index contributed by atoms with van der Waals surface area (Å²) in [6.07, 6.45) is -0.00306. The molecular formula is C17H22N2O6. The Morgan fingerprint density at radius 1 is 1.04 bits per heavy atom. The van der Waals surface area contributed by atoms with Crippen LogP contribution in [0.5, 0.6) is 17.2 Å². The molecule has 8 heteroatoms. The first-order valence-electron chi connectivity index (χ1n) is 7.60. The van der Waals surface area contributed by atoms with Crippen molar-refractivity contribution in [3.63, 3.8) is 0 Å². The SMILES string of the molecule is COC(=O)CC(c1cc(OC)c(OC)c(OC)c1)c1c(C)[nH][nH]c1=O. The summed E-state index contributed by atoms with van der Waals surface area (Å²) in [7, 11) is 5.82. The fourth-order valence-electron chi connectivity index (χ4n) is 2.81. The van der Waals surface area contributed by atoms with Crippen molar-refractivity contribution in [3.8, 4) is 17.2 Å². The third-order valence-electron chi connectivity index (χ3n) is 4.05.